The van der Waals surface area contributed by atoms with Gasteiger partial charge in [0.25, 0.3) is 0 Å². The molecule has 0 bridgehead atoms. The monoisotopic (exact) mass is 270 g/mol. The van der Waals surface area contributed by atoms with Gasteiger partial charge in [0.15, 0.2) is 0 Å². The average molecular weight is 270 g/mol. The minimum atomic E-state index is -0.760. The van der Waals surface area contributed by atoms with Crippen molar-refractivity contribution in [1.29, 1.82) is 5.26 Å². The van der Waals surface area contributed by atoms with Gasteiger partial charge in [0.1, 0.15) is 11.6 Å². The van der Waals surface area contributed by atoms with Crippen LogP contribution in [0.25, 0.3) is 0 Å². The number of nitrogens with zero attached hydrogens (tertiary/aromatic N) is 1. The highest BCUT2D eigenvalue weighted by molar-refractivity contribution is 5.34. The summed E-state index contributed by atoms with van der Waals surface area (Å²) in [6.07, 6.45) is 0.424. The Balaban J connectivity index is 2.74. The lowest BCUT2D eigenvalue weighted by Crippen LogP contribution is -2.34. The summed E-state index contributed by atoms with van der Waals surface area (Å²) in [5.74, 6) is -1.52. The molecule has 1 aromatic rings. The summed E-state index contributed by atoms with van der Waals surface area (Å²) >= 11 is 0. The maximum Gasteiger partial charge on any atom is 0.131 e. The molecule has 0 aliphatic heterocycles. The predicted octanol–water partition coefficient (Wildman–Crippen LogP) is 1.32. The van der Waals surface area contributed by atoms with Crippen LogP contribution in [0.4, 0.5) is 8.78 Å². The first-order valence-electron chi connectivity index (χ1n) is 5.83. The third-order valence-electron chi connectivity index (χ3n) is 2.68. The van der Waals surface area contributed by atoms with E-state index >= 15 is 0 Å². The predicted molar refractivity (Wildman–Crippen MR) is 65.3 cm³/mol. The fraction of sp³-hybridized carbons (Fsp3) is 0.462. The number of hydrogen-bond donors (Lipinski definition) is 2. The van der Waals surface area contributed by atoms with E-state index in [-0.39, 0.29) is 30.3 Å². The lowest BCUT2D eigenvalue weighted by molar-refractivity contribution is 0.147. The number of nitriles is 1. The Morgan fingerprint density at radius 2 is 2.05 bits per heavy atom. The van der Waals surface area contributed by atoms with Crippen molar-refractivity contribution in [3.8, 4) is 6.07 Å². The summed E-state index contributed by atoms with van der Waals surface area (Å²) in [5.41, 5.74) is -0.180. The van der Waals surface area contributed by atoms with E-state index in [4.69, 9.17) is 15.1 Å². The molecule has 0 amide bonds. The zero-order chi connectivity index (χ0) is 14.3. The van der Waals surface area contributed by atoms with Crippen LogP contribution in [0.1, 0.15) is 17.5 Å². The van der Waals surface area contributed by atoms with Crippen LogP contribution < -0.4 is 5.32 Å². The van der Waals surface area contributed by atoms with Gasteiger partial charge in [0, 0.05) is 31.9 Å². The number of hydrogen-bond acceptors (Lipinski definition) is 4. The highest BCUT2D eigenvalue weighted by atomic mass is 19.1. The Morgan fingerprint density at radius 1 is 1.42 bits per heavy atom. The molecule has 0 radical (unpaired) electrons. The molecule has 0 heterocycles. The van der Waals surface area contributed by atoms with Crippen molar-refractivity contribution in [3.63, 3.8) is 0 Å². The van der Waals surface area contributed by atoms with Gasteiger partial charge in [-0.15, -0.1) is 0 Å². The Kier molecular flexibility index (Phi) is 6.36. The number of benzene rings is 1. The van der Waals surface area contributed by atoms with E-state index < -0.39 is 11.6 Å². The van der Waals surface area contributed by atoms with Crippen molar-refractivity contribution < 1.29 is 18.6 Å². The largest absolute Gasteiger partial charge is 0.396 e. The molecule has 0 fully saturated rings. The molecule has 0 aliphatic rings. The van der Waals surface area contributed by atoms with Crippen molar-refractivity contribution >= 4 is 0 Å². The second-order valence-electron chi connectivity index (χ2n) is 4.08. The van der Waals surface area contributed by atoms with Gasteiger partial charge in [0.05, 0.1) is 18.2 Å². The highest BCUT2D eigenvalue weighted by Gasteiger charge is 2.14. The minimum absolute atomic E-state index is 0.0304. The highest BCUT2D eigenvalue weighted by Crippen LogP contribution is 2.15. The summed E-state index contributed by atoms with van der Waals surface area (Å²) in [4.78, 5) is 0. The molecule has 0 saturated heterocycles. The number of nitrogens with one attached hydrogen (secondary N) is 1. The maximum atomic E-state index is 13.6. The Bertz CT molecular complexity index is 431. The van der Waals surface area contributed by atoms with Crippen LogP contribution in [-0.2, 0) is 11.3 Å². The van der Waals surface area contributed by atoms with Gasteiger partial charge >= 0.3 is 0 Å². The van der Waals surface area contributed by atoms with E-state index in [0.29, 0.717) is 13.0 Å². The number of rotatable bonds is 7. The number of methoxy groups -OCH3 is 1. The molecule has 104 valence electrons. The van der Waals surface area contributed by atoms with E-state index in [1.807, 2.05) is 0 Å². The van der Waals surface area contributed by atoms with Gasteiger partial charge in [-0.05, 0) is 18.6 Å². The molecule has 1 aromatic carbocycles. The van der Waals surface area contributed by atoms with Crippen molar-refractivity contribution in [3.05, 3.63) is 34.9 Å². The molecule has 0 aliphatic carbocycles. The maximum absolute atomic E-state index is 13.6. The van der Waals surface area contributed by atoms with Gasteiger partial charge < -0.3 is 15.2 Å². The number of halogens is 2. The Hall–Kier alpha value is -1.55. The molecule has 0 spiro atoms. The molecule has 1 rings (SSSR count). The Morgan fingerprint density at radius 3 is 2.53 bits per heavy atom. The number of aliphatic hydroxyl groups is 1. The van der Waals surface area contributed by atoms with Crippen LogP contribution >= 0.6 is 0 Å². The van der Waals surface area contributed by atoms with Gasteiger partial charge in [-0.1, -0.05) is 0 Å². The normalized spacial score (nSPS) is 12.2. The van der Waals surface area contributed by atoms with Gasteiger partial charge in [0.2, 0.25) is 0 Å². The van der Waals surface area contributed by atoms with Crippen molar-refractivity contribution in [2.75, 3.05) is 20.3 Å². The van der Waals surface area contributed by atoms with E-state index in [1.165, 1.54) is 7.11 Å². The Labute approximate surface area is 110 Å². The molecular formula is C13H16F2N2O2. The van der Waals surface area contributed by atoms with Gasteiger partial charge in [-0.25, -0.2) is 8.78 Å². The first-order chi connectivity index (χ1) is 9.12. The fourth-order valence-electron chi connectivity index (χ4n) is 1.68. The molecule has 0 saturated carbocycles. The first-order valence-corrected chi connectivity index (χ1v) is 5.83. The molecule has 0 aromatic heterocycles. The minimum Gasteiger partial charge on any atom is -0.396 e. The van der Waals surface area contributed by atoms with Crippen molar-refractivity contribution in [1.82, 2.24) is 5.32 Å². The van der Waals surface area contributed by atoms with E-state index in [2.05, 4.69) is 5.32 Å². The van der Waals surface area contributed by atoms with Crippen LogP contribution in [0.15, 0.2) is 12.1 Å². The summed E-state index contributed by atoms with van der Waals surface area (Å²) in [5, 5.41) is 20.4. The molecule has 1 atom stereocenters. The van der Waals surface area contributed by atoms with E-state index in [1.54, 1.807) is 6.07 Å². The summed E-state index contributed by atoms with van der Waals surface area (Å²) in [6.45, 7) is 0.261. The summed E-state index contributed by atoms with van der Waals surface area (Å²) in [6, 6.07) is 3.49. The molecule has 1 unspecified atom stereocenters. The number of ether oxygens (including phenoxy) is 1. The van der Waals surface area contributed by atoms with E-state index in [9.17, 15) is 8.78 Å². The van der Waals surface area contributed by atoms with Crippen LogP contribution in [0.5, 0.6) is 0 Å². The summed E-state index contributed by atoms with van der Waals surface area (Å²) < 4.78 is 32.2. The standard InChI is InChI=1S/C13H16F2N2O2/c1-19-8-10(2-3-18)17-7-11-12(14)4-9(6-16)5-13(11)15/h4-5,10,17-18H,2-3,7-8H2,1H3. The second kappa shape index (κ2) is 7.79. The second-order valence-corrected chi connectivity index (χ2v) is 4.08. The third-order valence-corrected chi connectivity index (χ3v) is 2.68. The van der Waals surface area contributed by atoms with E-state index in [0.717, 1.165) is 12.1 Å². The van der Waals surface area contributed by atoms with Crippen LogP contribution in [0.2, 0.25) is 0 Å². The lowest BCUT2D eigenvalue weighted by Gasteiger charge is -2.17. The zero-order valence-electron chi connectivity index (χ0n) is 10.6. The third kappa shape index (κ3) is 4.56. The first kappa shape index (κ1) is 15.5. The fourth-order valence-corrected chi connectivity index (χ4v) is 1.68. The van der Waals surface area contributed by atoms with Crippen LogP contribution in [0.3, 0.4) is 0 Å². The van der Waals surface area contributed by atoms with Crippen LogP contribution in [-0.4, -0.2) is 31.5 Å². The van der Waals surface area contributed by atoms with Gasteiger partial charge in [-0.2, -0.15) is 5.26 Å². The molecule has 19 heavy (non-hydrogen) atoms. The zero-order valence-corrected chi connectivity index (χ0v) is 10.6. The molecule has 4 nitrogen and oxygen atoms in total. The van der Waals surface area contributed by atoms with Gasteiger partial charge in [-0.3, -0.25) is 0 Å². The summed E-state index contributed by atoms with van der Waals surface area (Å²) in [7, 11) is 1.51. The smallest absolute Gasteiger partial charge is 0.131 e. The van der Waals surface area contributed by atoms with Crippen molar-refractivity contribution in [2.45, 2.75) is 19.0 Å². The SMILES string of the molecule is COCC(CCO)NCc1c(F)cc(C#N)cc1F. The molecule has 6 heteroatoms. The van der Waals surface area contributed by atoms with Crippen LogP contribution in [0, 0.1) is 23.0 Å². The quantitative estimate of drug-likeness (QED) is 0.784. The topological polar surface area (TPSA) is 65.3 Å². The number of aliphatic hydroxyl groups excluding tert-OH is 1. The molecular weight excluding hydrogens is 254 g/mol. The molecule has 2 N–H and O–H groups in total. The average Bonchev–Trinajstić information content (AvgIpc) is 2.37. The lowest BCUT2D eigenvalue weighted by atomic mass is 10.1. The van der Waals surface area contributed by atoms with Crippen molar-refractivity contribution in [2.24, 2.45) is 0 Å².